The van der Waals surface area contributed by atoms with Crippen LogP contribution in [-0.4, -0.2) is 94.3 Å². The van der Waals surface area contributed by atoms with Crippen molar-refractivity contribution in [3.63, 3.8) is 0 Å². The maximum absolute atomic E-state index is 12.5. The molecule has 376 valence electrons. The van der Waals surface area contributed by atoms with Crippen LogP contribution in [0.25, 0.3) is 0 Å². The second-order valence-corrected chi connectivity index (χ2v) is 17.7. The molecule has 2 aliphatic heterocycles. The molecule has 0 bridgehead atoms. The molecule has 0 saturated carbocycles. The smallest absolute Gasteiger partial charge is 0.422 e. The summed E-state index contributed by atoms with van der Waals surface area (Å²) in [7, 11) is 0. The molecule has 0 fully saturated rings. The summed E-state index contributed by atoms with van der Waals surface area (Å²) >= 11 is 0. The van der Waals surface area contributed by atoms with Crippen LogP contribution in [0.15, 0.2) is 72.8 Å². The molecular weight excluding hydrogens is 907 g/mol. The number of anilines is 2. The van der Waals surface area contributed by atoms with Crippen molar-refractivity contribution >= 4 is 17.3 Å². The highest BCUT2D eigenvalue weighted by Gasteiger charge is 2.30. The summed E-state index contributed by atoms with van der Waals surface area (Å²) in [6, 6.07) is 23.2. The predicted octanol–water partition coefficient (Wildman–Crippen LogP) is 9.79. The van der Waals surface area contributed by atoms with E-state index in [0.29, 0.717) is 67.1 Å². The van der Waals surface area contributed by atoms with Crippen molar-refractivity contribution in [2.75, 3.05) is 75.6 Å². The topological polar surface area (TPSA) is 151 Å². The van der Waals surface area contributed by atoms with Gasteiger partial charge in [0.15, 0.2) is 36.2 Å². The van der Waals surface area contributed by atoms with Crippen molar-refractivity contribution in [2.24, 2.45) is 17.6 Å². The number of para-hydroxylation sites is 4. The highest BCUT2D eigenvalue weighted by molar-refractivity contribution is 6.00. The van der Waals surface area contributed by atoms with E-state index < -0.39 is 31.5 Å². The number of carbonyl (C=O) groups excluding carboxylic acids is 1. The molecule has 1 amide bonds. The number of hydrogen-bond donors (Lipinski definition) is 3. The van der Waals surface area contributed by atoms with E-state index in [1.807, 2.05) is 12.1 Å². The van der Waals surface area contributed by atoms with Gasteiger partial charge in [0.05, 0.1) is 35.7 Å². The molecule has 69 heavy (non-hydrogen) atoms. The van der Waals surface area contributed by atoms with Crippen LogP contribution in [-0.2, 0) is 25.7 Å². The highest BCUT2D eigenvalue weighted by atomic mass is 19.4. The maximum atomic E-state index is 12.5. The minimum atomic E-state index is -4.41. The van der Waals surface area contributed by atoms with E-state index in [0.717, 1.165) is 99.1 Å². The van der Waals surface area contributed by atoms with Crippen molar-refractivity contribution in [1.82, 2.24) is 0 Å². The van der Waals surface area contributed by atoms with Crippen LogP contribution in [0.1, 0.15) is 90.5 Å². The van der Waals surface area contributed by atoms with Crippen molar-refractivity contribution in [2.45, 2.75) is 90.4 Å². The Labute approximate surface area is 400 Å². The van der Waals surface area contributed by atoms with Gasteiger partial charge in [0.2, 0.25) is 0 Å². The van der Waals surface area contributed by atoms with E-state index in [1.54, 1.807) is 36.4 Å². The number of aliphatic hydroxyl groups excluding tert-OH is 2. The number of hydrogen-bond acceptors (Lipinski definition) is 10. The predicted molar refractivity (Wildman–Crippen MR) is 253 cm³/mol. The third kappa shape index (κ3) is 17.3. The van der Waals surface area contributed by atoms with E-state index in [-0.39, 0.29) is 24.7 Å². The van der Waals surface area contributed by atoms with E-state index in [9.17, 15) is 36.4 Å². The lowest BCUT2D eigenvalue weighted by molar-refractivity contribution is -0.154. The molecule has 11 nitrogen and oxygen atoms in total. The van der Waals surface area contributed by atoms with Gasteiger partial charge in [-0.05, 0) is 135 Å². The molecule has 2 heterocycles. The molecule has 0 aromatic heterocycles. The average molecular weight is 971 g/mol. The molecular formula is C52H64F6N4O7. The second kappa shape index (κ2) is 26.2. The van der Waals surface area contributed by atoms with Gasteiger partial charge in [0, 0.05) is 39.4 Å². The average Bonchev–Trinajstić information content (AvgIpc) is 3.92. The fourth-order valence-corrected chi connectivity index (χ4v) is 8.80. The normalized spacial score (nSPS) is 14.0. The zero-order valence-electron chi connectivity index (χ0n) is 39.3. The SMILES string of the molecule is C[C@@H](CCCOc1ccccc1OCC(F)(F)F)Cc1cc(C#N)c2c(c1)CCN2CCCO.C[C@@H](CCCOc1ccccc1OCC(F)(F)F)Cc1cc2c(c(C(N)=O)c1)N(CCCO)CC2. The van der Waals surface area contributed by atoms with Gasteiger partial charge in [-0.3, -0.25) is 4.79 Å². The number of halogens is 6. The standard InChI is InChI=1S/C26H33F3N2O4.C26H31F3N2O3/c1-18(6-4-13-34-22-7-2-3-8-23(22)35-17-26(27,28)29)14-19-15-20-9-11-31(10-5-12-32)24(20)21(16-19)25(30)33;1-19(6-4-13-33-23-7-2-3-8-24(23)34-18-26(27,28)29)14-20-15-21-9-11-31(10-5-12-32)25(21)22(16-20)17-30/h2-3,7-8,15-16,18,32H,4-6,9-14,17H2,1H3,(H2,30,33);2-3,7-8,15-16,19,32H,4-6,9-14,18H2,1H3/t18-;19-/m00/s1. The van der Waals surface area contributed by atoms with Crippen LogP contribution in [0.2, 0.25) is 0 Å². The molecule has 0 unspecified atom stereocenters. The van der Waals surface area contributed by atoms with Crippen LogP contribution in [0.5, 0.6) is 23.0 Å². The quantitative estimate of drug-likeness (QED) is 0.0433. The molecule has 4 aromatic rings. The van der Waals surface area contributed by atoms with E-state index >= 15 is 0 Å². The molecule has 4 N–H and O–H groups in total. The lowest BCUT2D eigenvalue weighted by atomic mass is 9.93. The molecule has 2 aliphatic rings. The number of ether oxygens (including phenoxy) is 4. The molecule has 0 spiro atoms. The van der Waals surface area contributed by atoms with Gasteiger partial charge in [0.25, 0.3) is 5.91 Å². The Kier molecular flexibility index (Phi) is 20.5. The number of carbonyl (C=O) groups is 1. The number of amides is 1. The fourth-order valence-electron chi connectivity index (χ4n) is 8.80. The number of alkyl halides is 6. The minimum Gasteiger partial charge on any atom is -0.490 e. The minimum absolute atomic E-state index is 0.0722. The zero-order valence-corrected chi connectivity index (χ0v) is 39.3. The van der Waals surface area contributed by atoms with Crippen LogP contribution in [0.4, 0.5) is 37.7 Å². The summed E-state index contributed by atoms with van der Waals surface area (Å²) in [4.78, 5) is 16.5. The van der Waals surface area contributed by atoms with Gasteiger partial charge in [-0.2, -0.15) is 31.6 Å². The van der Waals surface area contributed by atoms with Crippen LogP contribution in [0, 0.1) is 23.2 Å². The molecule has 0 radical (unpaired) electrons. The largest absolute Gasteiger partial charge is 0.490 e. The van der Waals surface area contributed by atoms with E-state index in [4.69, 9.17) is 34.9 Å². The van der Waals surface area contributed by atoms with Gasteiger partial charge >= 0.3 is 12.4 Å². The zero-order chi connectivity index (χ0) is 50.0. The van der Waals surface area contributed by atoms with Crippen molar-refractivity contribution < 1.29 is 60.3 Å². The van der Waals surface area contributed by atoms with Gasteiger partial charge in [-0.25, -0.2) is 0 Å². The molecule has 0 aliphatic carbocycles. The number of rotatable bonds is 25. The Morgan fingerprint density at radius 2 is 1.09 bits per heavy atom. The first-order valence-electron chi connectivity index (χ1n) is 23.5. The van der Waals surface area contributed by atoms with Crippen LogP contribution < -0.4 is 34.5 Å². The van der Waals surface area contributed by atoms with Gasteiger partial charge in [-0.15, -0.1) is 0 Å². The molecule has 17 heteroatoms. The Bertz CT molecular complexity index is 2300. The number of primary amides is 1. The summed E-state index contributed by atoms with van der Waals surface area (Å²) in [5.41, 5.74) is 13.3. The summed E-state index contributed by atoms with van der Waals surface area (Å²) in [5.74, 6) is 0.970. The molecule has 0 saturated heterocycles. The van der Waals surface area contributed by atoms with Crippen molar-refractivity contribution in [3.05, 3.63) is 106 Å². The summed E-state index contributed by atoms with van der Waals surface area (Å²) < 4.78 is 95.8. The molecule has 2 atom stereocenters. The number of benzene rings is 4. The number of aliphatic hydroxyl groups is 2. The Morgan fingerprint density at radius 1 is 0.667 bits per heavy atom. The number of nitriles is 1. The third-order valence-corrected chi connectivity index (χ3v) is 11.8. The lowest BCUT2D eigenvalue weighted by Crippen LogP contribution is -2.25. The Hall–Kier alpha value is -5.86. The molecule has 4 aromatic carbocycles. The van der Waals surface area contributed by atoms with E-state index in [2.05, 4.69) is 41.8 Å². The second-order valence-electron chi connectivity index (χ2n) is 17.7. The fraction of sp³-hybridized carbons (Fsp3) is 0.500. The Balaban J connectivity index is 0.000000258. The van der Waals surface area contributed by atoms with E-state index in [1.165, 1.54) is 17.7 Å². The Morgan fingerprint density at radius 3 is 1.51 bits per heavy atom. The summed E-state index contributed by atoms with van der Waals surface area (Å²) in [6.07, 6.45) is -0.939. The number of fused-ring (bicyclic) bond motifs is 2. The van der Waals surface area contributed by atoms with Crippen LogP contribution in [0.3, 0.4) is 0 Å². The third-order valence-electron chi connectivity index (χ3n) is 11.8. The first-order valence-corrected chi connectivity index (χ1v) is 23.5. The van der Waals surface area contributed by atoms with Crippen LogP contribution >= 0.6 is 0 Å². The van der Waals surface area contributed by atoms with Gasteiger partial charge in [0.1, 0.15) is 6.07 Å². The highest BCUT2D eigenvalue weighted by Crippen LogP contribution is 2.36. The summed E-state index contributed by atoms with van der Waals surface area (Å²) in [5, 5.41) is 27.9. The first-order chi connectivity index (χ1) is 33.0. The van der Waals surface area contributed by atoms with Gasteiger partial charge in [-0.1, -0.05) is 50.2 Å². The molecule has 6 rings (SSSR count). The number of nitrogens with two attached hydrogens (primary N) is 1. The first kappa shape index (κ1) is 54.1. The monoisotopic (exact) mass is 970 g/mol. The van der Waals surface area contributed by atoms with Gasteiger partial charge < -0.3 is 44.7 Å². The lowest BCUT2D eigenvalue weighted by Gasteiger charge is -2.22. The summed E-state index contributed by atoms with van der Waals surface area (Å²) in [6.45, 7) is 5.63. The number of nitrogens with zero attached hydrogens (tertiary/aromatic N) is 3. The maximum Gasteiger partial charge on any atom is 0.422 e. The van der Waals surface area contributed by atoms with Crippen molar-refractivity contribution in [1.29, 1.82) is 5.26 Å². The van der Waals surface area contributed by atoms with Crippen molar-refractivity contribution in [3.8, 4) is 29.1 Å².